The minimum absolute atomic E-state index is 0.0907. The van der Waals surface area contributed by atoms with Crippen LogP contribution in [-0.2, 0) is 49.8 Å². The summed E-state index contributed by atoms with van der Waals surface area (Å²) < 4.78 is 99.8. The van der Waals surface area contributed by atoms with E-state index in [4.69, 9.17) is 33.5 Å². The molecule has 2 heterocycles. The number of unbranched alkanes of at least 4 members (excludes halogenated alkanes) is 2. The van der Waals surface area contributed by atoms with Gasteiger partial charge in [0.25, 0.3) is 10.2 Å². The van der Waals surface area contributed by atoms with Gasteiger partial charge in [-0.05, 0) is 62.8 Å². The summed E-state index contributed by atoms with van der Waals surface area (Å²) in [5.74, 6) is 0. The SMILES string of the molecule is NS(=O)(=O)c1cc2c(cc1Cl)N[C@@H](CCCCO[N+](=O)[O-])NS2(=O)=O.NS(=O)(=O)c1cc2c(cc1Cl)N[C@H](CCCCO[N+](=O)[O-])NS2(=O)=O. The van der Waals surface area contributed by atoms with E-state index in [0.717, 1.165) is 12.1 Å². The van der Waals surface area contributed by atoms with E-state index < -0.39 is 72.4 Å². The van der Waals surface area contributed by atoms with Crippen molar-refractivity contribution < 1.29 is 53.5 Å². The fraction of sp³-hybridized carbons (Fsp3) is 0.455. The molecule has 280 valence electrons. The maximum atomic E-state index is 12.3. The van der Waals surface area contributed by atoms with Gasteiger partial charge in [-0.3, -0.25) is 0 Å². The van der Waals surface area contributed by atoms with Gasteiger partial charge < -0.3 is 20.3 Å². The number of primary sulfonamides is 2. The molecule has 50 heavy (non-hydrogen) atoms. The molecule has 0 bridgehead atoms. The van der Waals surface area contributed by atoms with E-state index in [1.54, 1.807) is 0 Å². The number of benzene rings is 2. The van der Waals surface area contributed by atoms with Crippen LogP contribution in [0.15, 0.2) is 43.8 Å². The van der Waals surface area contributed by atoms with Gasteiger partial charge in [-0.15, -0.1) is 20.2 Å². The zero-order valence-electron chi connectivity index (χ0n) is 25.3. The Hall–Kier alpha value is -3.34. The van der Waals surface area contributed by atoms with Crippen LogP contribution in [-0.4, -0.2) is 69.4 Å². The highest BCUT2D eigenvalue weighted by atomic mass is 35.5. The summed E-state index contributed by atoms with van der Waals surface area (Å²) in [6.45, 7) is -0.181. The number of rotatable bonds is 14. The Morgan fingerprint density at radius 2 is 1.02 bits per heavy atom. The van der Waals surface area contributed by atoms with Crippen LogP contribution in [0.5, 0.6) is 0 Å². The molecule has 28 heteroatoms. The van der Waals surface area contributed by atoms with Crippen LogP contribution in [0, 0.1) is 20.2 Å². The molecule has 0 saturated heterocycles. The van der Waals surface area contributed by atoms with Crippen LogP contribution >= 0.6 is 23.2 Å². The lowest BCUT2D eigenvalue weighted by atomic mass is 10.2. The van der Waals surface area contributed by atoms with Gasteiger partial charge in [-0.25, -0.2) is 43.9 Å². The zero-order chi connectivity index (χ0) is 37.7. The number of nitrogens with one attached hydrogen (secondary N) is 4. The molecule has 4 rings (SSSR count). The molecule has 0 fully saturated rings. The van der Waals surface area contributed by atoms with E-state index in [2.05, 4.69) is 29.8 Å². The number of hydrogen-bond donors (Lipinski definition) is 6. The van der Waals surface area contributed by atoms with Crippen LogP contribution in [0.2, 0.25) is 10.0 Å². The average molecular weight is 830 g/mol. The van der Waals surface area contributed by atoms with Crippen molar-refractivity contribution in [3.8, 4) is 0 Å². The van der Waals surface area contributed by atoms with E-state index in [1.807, 2.05) is 0 Å². The Morgan fingerprint density at radius 3 is 1.32 bits per heavy atom. The molecule has 22 nitrogen and oxygen atoms in total. The second-order valence-corrected chi connectivity index (χ2v) is 17.6. The molecule has 0 unspecified atom stereocenters. The molecule has 0 aliphatic carbocycles. The Labute approximate surface area is 295 Å². The van der Waals surface area contributed by atoms with Crippen molar-refractivity contribution in [3.05, 3.63) is 54.5 Å². The summed E-state index contributed by atoms with van der Waals surface area (Å²) in [5, 5.41) is 33.7. The van der Waals surface area contributed by atoms with E-state index in [9.17, 15) is 53.9 Å². The lowest BCUT2D eigenvalue weighted by Gasteiger charge is -2.28. The number of nitrogens with two attached hydrogens (primary N) is 2. The van der Waals surface area contributed by atoms with Crippen molar-refractivity contribution in [3.63, 3.8) is 0 Å². The van der Waals surface area contributed by atoms with Crippen molar-refractivity contribution in [2.24, 2.45) is 10.3 Å². The third-order valence-corrected chi connectivity index (χ3v) is 12.5. The molecule has 0 spiro atoms. The first kappa shape index (κ1) is 41.1. The molecule has 2 aliphatic heterocycles. The Morgan fingerprint density at radius 1 is 0.680 bits per heavy atom. The number of nitrogens with zero attached hydrogens (tertiary/aromatic N) is 2. The van der Waals surface area contributed by atoms with Crippen molar-refractivity contribution in [2.45, 2.75) is 70.4 Å². The van der Waals surface area contributed by atoms with Crippen LogP contribution < -0.4 is 30.4 Å². The maximum absolute atomic E-state index is 12.3. The van der Waals surface area contributed by atoms with E-state index in [1.165, 1.54) is 12.1 Å². The van der Waals surface area contributed by atoms with Gasteiger partial charge in [0.15, 0.2) is 0 Å². The molecule has 0 saturated carbocycles. The van der Waals surface area contributed by atoms with Crippen LogP contribution in [0.1, 0.15) is 38.5 Å². The highest BCUT2D eigenvalue weighted by Gasteiger charge is 2.33. The van der Waals surface area contributed by atoms with Crippen molar-refractivity contribution in [1.82, 2.24) is 9.44 Å². The number of hydrogen-bond acceptors (Lipinski definition) is 16. The number of sulfonamides is 4. The Bertz CT molecular complexity index is 1920. The number of halogens is 2. The molecule has 0 radical (unpaired) electrons. The quantitative estimate of drug-likeness (QED) is 0.0871. The summed E-state index contributed by atoms with van der Waals surface area (Å²) in [6.07, 6.45) is 0.924. The molecule has 0 amide bonds. The minimum Gasteiger partial charge on any atom is -0.368 e. The number of fused-ring (bicyclic) bond motifs is 2. The second-order valence-electron chi connectivity index (χ2n) is 10.4. The van der Waals surface area contributed by atoms with Crippen molar-refractivity contribution in [1.29, 1.82) is 0 Å². The summed E-state index contributed by atoms with van der Waals surface area (Å²) in [5.41, 5.74) is 0.283. The molecule has 2 aromatic rings. The van der Waals surface area contributed by atoms with Gasteiger partial charge in [0.1, 0.15) is 19.6 Å². The lowest BCUT2D eigenvalue weighted by Crippen LogP contribution is -2.44. The smallest absolute Gasteiger partial charge is 0.294 e. The van der Waals surface area contributed by atoms with E-state index in [-0.39, 0.29) is 44.4 Å². The second kappa shape index (κ2) is 16.3. The molecule has 8 N–H and O–H groups in total. The van der Waals surface area contributed by atoms with Gasteiger partial charge in [0.05, 0.1) is 47.0 Å². The molecular weight excluding hydrogens is 799 g/mol. The van der Waals surface area contributed by atoms with Gasteiger partial charge in [-0.2, -0.15) is 9.44 Å². The van der Waals surface area contributed by atoms with E-state index >= 15 is 0 Å². The highest BCUT2D eigenvalue weighted by molar-refractivity contribution is 7.91. The van der Waals surface area contributed by atoms with Crippen molar-refractivity contribution >= 4 is 74.7 Å². The first-order chi connectivity index (χ1) is 23.0. The molecule has 0 aromatic heterocycles. The fourth-order valence-corrected chi connectivity index (χ4v) is 9.62. The van der Waals surface area contributed by atoms with Gasteiger partial charge in [0.2, 0.25) is 40.1 Å². The van der Waals surface area contributed by atoms with Gasteiger partial charge in [-0.1, -0.05) is 23.2 Å². The lowest BCUT2D eigenvalue weighted by molar-refractivity contribution is -0.757. The molecule has 2 atom stereocenters. The largest absolute Gasteiger partial charge is 0.368 e. The van der Waals surface area contributed by atoms with Gasteiger partial charge in [0, 0.05) is 0 Å². The van der Waals surface area contributed by atoms with Crippen LogP contribution in [0.3, 0.4) is 0 Å². The average Bonchev–Trinajstić information content (AvgIpc) is 2.94. The van der Waals surface area contributed by atoms with Crippen LogP contribution in [0.25, 0.3) is 0 Å². The summed E-state index contributed by atoms with van der Waals surface area (Å²) in [4.78, 5) is 26.8. The molecule has 2 aliphatic rings. The summed E-state index contributed by atoms with van der Waals surface area (Å²) in [6, 6.07) is 4.14. The van der Waals surface area contributed by atoms with Crippen LogP contribution in [0.4, 0.5) is 11.4 Å². The van der Waals surface area contributed by atoms with Crippen molar-refractivity contribution in [2.75, 3.05) is 23.8 Å². The first-order valence-corrected chi connectivity index (χ1v) is 20.7. The highest BCUT2D eigenvalue weighted by Crippen LogP contribution is 2.35. The minimum atomic E-state index is -4.18. The van der Waals surface area contributed by atoms with Gasteiger partial charge >= 0.3 is 0 Å². The number of anilines is 2. The summed E-state index contributed by atoms with van der Waals surface area (Å²) >= 11 is 11.7. The van der Waals surface area contributed by atoms with E-state index in [0.29, 0.717) is 38.5 Å². The molecule has 2 aromatic carbocycles. The Balaban J connectivity index is 0.000000270. The maximum Gasteiger partial charge on any atom is 0.294 e. The normalized spacial score (nSPS) is 18.9. The predicted octanol–water partition coefficient (Wildman–Crippen LogP) is 0.792. The standard InChI is InChI=1S/2C11H15ClN4O7S2/c2*12-7-5-8-10(6-9(7)24(13,19)20)25(21,22)15-11(14-8)3-1-2-4-23-16(17)18/h2*5-6,11,14-15H,1-4H2,(H2,13,19,20)/t2*11-/m10/s1. The molecular formula is C22H30Cl2N8O14S4. The topological polar surface area (TPSA) is 341 Å². The third kappa shape index (κ3) is 11.3. The zero-order valence-corrected chi connectivity index (χ0v) is 30.1. The monoisotopic (exact) mass is 828 g/mol. The fourth-order valence-electron chi connectivity index (χ4n) is 4.55. The Kier molecular flexibility index (Phi) is 13.4. The summed E-state index contributed by atoms with van der Waals surface area (Å²) in [7, 11) is -16.3. The first-order valence-electron chi connectivity index (χ1n) is 13.9. The predicted molar refractivity (Wildman–Crippen MR) is 175 cm³/mol. The third-order valence-electron chi connectivity index (χ3n) is 6.68.